The van der Waals surface area contributed by atoms with Crippen molar-refractivity contribution >= 4 is 11.9 Å². The van der Waals surface area contributed by atoms with Crippen LogP contribution in [0.4, 0.5) is 0 Å². The van der Waals surface area contributed by atoms with Gasteiger partial charge in [0.2, 0.25) is 0 Å². The van der Waals surface area contributed by atoms with Crippen LogP contribution in [0.2, 0.25) is 0 Å². The van der Waals surface area contributed by atoms with Gasteiger partial charge in [-0.15, -0.1) is 9.78 Å². The zero-order valence-electron chi connectivity index (χ0n) is 20.7. The first kappa shape index (κ1) is 26.1. The number of aryl methyl sites for hydroxylation is 1. The third-order valence-corrected chi connectivity index (χ3v) is 6.16. The van der Waals surface area contributed by atoms with E-state index in [0.717, 1.165) is 35.1 Å². The number of aromatic nitrogens is 3. The molecule has 0 radical (unpaired) electrons. The van der Waals surface area contributed by atoms with E-state index in [1.54, 1.807) is 22.8 Å². The van der Waals surface area contributed by atoms with Crippen molar-refractivity contribution in [2.45, 2.75) is 78.2 Å². The van der Waals surface area contributed by atoms with E-state index >= 15 is 0 Å². The van der Waals surface area contributed by atoms with E-state index in [9.17, 15) is 19.5 Å². The van der Waals surface area contributed by atoms with Crippen molar-refractivity contribution in [1.29, 1.82) is 0 Å². The lowest BCUT2D eigenvalue weighted by atomic mass is 9.99. The minimum Gasteiger partial charge on any atom is -0.478 e. The molecule has 1 aromatic heterocycles. The molecule has 3 aromatic rings. The standard InChI is InChI=1S/C28H35N3O4/c1-3-5-6-7-8-9-15-25-29-31(26(32)12-4-2)28(35)30(25)20-21-16-18-22(19-17-21)23-13-10-11-14-24(23)27(33)34/h10-11,13-14,16-19H,3-9,12,15,20H2,1-2H3,(H,33,34). The van der Waals surface area contributed by atoms with Crippen molar-refractivity contribution in [2.75, 3.05) is 0 Å². The number of carbonyl (C=O) groups is 2. The van der Waals surface area contributed by atoms with E-state index in [1.807, 2.05) is 37.3 Å². The second-order valence-electron chi connectivity index (χ2n) is 8.91. The van der Waals surface area contributed by atoms with Gasteiger partial charge in [0.1, 0.15) is 5.82 Å². The number of hydrogen-bond acceptors (Lipinski definition) is 4. The summed E-state index contributed by atoms with van der Waals surface area (Å²) in [6.07, 6.45) is 8.39. The Hall–Kier alpha value is -3.48. The molecule has 35 heavy (non-hydrogen) atoms. The minimum atomic E-state index is -0.972. The van der Waals surface area contributed by atoms with Crippen molar-refractivity contribution < 1.29 is 14.7 Å². The normalized spacial score (nSPS) is 11.0. The lowest BCUT2D eigenvalue weighted by Gasteiger charge is -2.09. The Balaban J connectivity index is 1.82. The molecule has 1 heterocycles. The summed E-state index contributed by atoms with van der Waals surface area (Å²) in [7, 11) is 0. The molecule has 186 valence electrons. The van der Waals surface area contributed by atoms with E-state index in [-0.39, 0.29) is 17.9 Å². The molecule has 0 fully saturated rings. The van der Waals surface area contributed by atoms with Crippen molar-refractivity contribution in [3.8, 4) is 11.1 Å². The largest absolute Gasteiger partial charge is 0.478 e. The maximum atomic E-state index is 13.1. The molecule has 0 unspecified atom stereocenters. The fourth-order valence-corrected chi connectivity index (χ4v) is 4.22. The van der Waals surface area contributed by atoms with Crippen LogP contribution < -0.4 is 5.69 Å². The summed E-state index contributed by atoms with van der Waals surface area (Å²) in [5, 5.41) is 13.9. The SMILES string of the molecule is CCCCCCCCc1nn(C(=O)CCC)c(=O)n1Cc1ccc(-c2ccccc2C(=O)O)cc1. The molecule has 7 nitrogen and oxygen atoms in total. The Morgan fingerprint density at radius 2 is 1.57 bits per heavy atom. The van der Waals surface area contributed by atoms with Crippen molar-refractivity contribution in [1.82, 2.24) is 14.3 Å². The number of carbonyl (C=O) groups excluding carboxylic acids is 1. The molecule has 0 saturated heterocycles. The monoisotopic (exact) mass is 477 g/mol. The van der Waals surface area contributed by atoms with Crippen LogP contribution in [0.25, 0.3) is 11.1 Å². The second-order valence-corrected chi connectivity index (χ2v) is 8.91. The van der Waals surface area contributed by atoms with Gasteiger partial charge in [-0.05, 0) is 35.6 Å². The first-order valence-corrected chi connectivity index (χ1v) is 12.6. The van der Waals surface area contributed by atoms with Gasteiger partial charge in [0.15, 0.2) is 0 Å². The molecule has 0 bridgehead atoms. The zero-order valence-corrected chi connectivity index (χ0v) is 20.7. The van der Waals surface area contributed by atoms with Crippen molar-refractivity contribution in [3.05, 3.63) is 76.0 Å². The summed E-state index contributed by atoms with van der Waals surface area (Å²) >= 11 is 0. The smallest absolute Gasteiger partial charge is 0.353 e. The van der Waals surface area contributed by atoms with Gasteiger partial charge in [-0.25, -0.2) is 9.59 Å². The fourth-order valence-electron chi connectivity index (χ4n) is 4.22. The quantitative estimate of drug-likeness (QED) is 0.314. The van der Waals surface area contributed by atoms with E-state index in [4.69, 9.17) is 0 Å². The van der Waals surface area contributed by atoms with Gasteiger partial charge in [0.25, 0.3) is 5.91 Å². The van der Waals surface area contributed by atoms with Crippen LogP contribution in [0.15, 0.2) is 53.3 Å². The van der Waals surface area contributed by atoms with E-state index in [2.05, 4.69) is 12.0 Å². The van der Waals surface area contributed by atoms with Gasteiger partial charge in [0.05, 0.1) is 12.1 Å². The van der Waals surface area contributed by atoms with Crippen LogP contribution in [0, 0.1) is 0 Å². The molecule has 0 spiro atoms. The highest BCUT2D eigenvalue weighted by atomic mass is 16.4. The summed E-state index contributed by atoms with van der Waals surface area (Å²) in [5.74, 6) is -0.615. The van der Waals surface area contributed by atoms with E-state index < -0.39 is 11.7 Å². The molecule has 7 heteroatoms. The number of rotatable bonds is 13. The van der Waals surface area contributed by atoms with Gasteiger partial charge in [-0.3, -0.25) is 9.36 Å². The Bertz CT molecular complexity index is 1190. The minimum absolute atomic E-state index is 0.244. The highest BCUT2D eigenvalue weighted by Crippen LogP contribution is 2.24. The molecule has 0 amide bonds. The molecule has 1 N–H and O–H groups in total. The molecule has 3 rings (SSSR count). The van der Waals surface area contributed by atoms with Gasteiger partial charge >= 0.3 is 11.7 Å². The first-order valence-electron chi connectivity index (χ1n) is 12.6. The lowest BCUT2D eigenvalue weighted by Crippen LogP contribution is -2.30. The number of carboxylic acid groups (broad SMARTS) is 1. The Morgan fingerprint density at radius 1 is 0.886 bits per heavy atom. The van der Waals surface area contributed by atoms with Gasteiger partial charge in [0, 0.05) is 12.8 Å². The van der Waals surface area contributed by atoms with E-state index in [0.29, 0.717) is 30.8 Å². The molecule has 0 aliphatic carbocycles. The maximum Gasteiger partial charge on any atom is 0.353 e. The lowest BCUT2D eigenvalue weighted by molar-refractivity contribution is 0.0697. The van der Waals surface area contributed by atoms with Gasteiger partial charge < -0.3 is 5.11 Å². The predicted octanol–water partition coefficient (Wildman–Crippen LogP) is 5.80. The van der Waals surface area contributed by atoms with Crippen molar-refractivity contribution in [2.24, 2.45) is 0 Å². The third kappa shape index (κ3) is 6.78. The average molecular weight is 478 g/mol. The molecule has 0 aliphatic heterocycles. The van der Waals surface area contributed by atoms with Gasteiger partial charge in [-0.1, -0.05) is 88.4 Å². The topological polar surface area (TPSA) is 94.2 Å². The molecule has 0 saturated carbocycles. The number of hydrogen-bond donors (Lipinski definition) is 1. The summed E-state index contributed by atoms with van der Waals surface area (Å²) in [5.41, 5.74) is 2.17. The van der Waals surface area contributed by atoms with Crippen LogP contribution in [-0.2, 0) is 13.0 Å². The number of carboxylic acids is 1. The maximum absolute atomic E-state index is 13.1. The zero-order chi connectivity index (χ0) is 25.2. The Labute approximate surface area is 206 Å². The van der Waals surface area contributed by atoms with Crippen LogP contribution in [0.1, 0.15) is 91.8 Å². The number of benzene rings is 2. The van der Waals surface area contributed by atoms with Crippen LogP contribution in [0.3, 0.4) is 0 Å². The Morgan fingerprint density at radius 3 is 2.26 bits per heavy atom. The van der Waals surface area contributed by atoms with Crippen LogP contribution >= 0.6 is 0 Å². The Kier molecular flexibility index (Phi) is 9.58. The van der Waals surface area contributed by atoms with E-state index in [1.165, 1.54) is 19.3 Å². The third-order valence-electron chi connectivity index (χ3n) is 6.16. The summed E-state index contributed by atoms with van der Waals surface area (Å²) in [4.78, 5) is 37.1. The summed E-state index contributed by atoms with van der Waals surface area (Å²) < 4.78 is 2.62. The van der Waals surface area contributed by atoms with Crippen molar-refractivity contribution in [3.63, 3.8) is 0 Å². The fraction of sp³-hybridized carbons (Fsp3) is 0.429. The molecule has 2 aromatic carbocycles. The molecule has 0 atom stereocenters. The molecular weight excluding hydrogens is 442 g/mol. The summed E-state index contributed by atoms with van der Waals surface area (Å²) in [6.45, 7) is 4.40. The average Bonchev–Trinajstić information content (AvgIpc) is 3.17. The van der Waals surface area contributed by atoms with Crippen LogP contribution in [0.5, 0.6) is 0 Å². The number of aromatic carboxylic acids is 1. The molecular formula is C28H35N3O4. The second kappa shape index (κ2) is 12.8. The number of unbranched alkanes of at least 4 members (excludes halogenated alkanes) is 5. The number of nitrogens with zero attached hydrogens (tertiary/aromatic N) is 3. The highest BCUT2D eigenvalue weighted by Gasteiger charge is 2.18. The summed E-state index contributed by atoms with van der Waals surface area (Å²) in [6, 6.07) is 14.4. The highest BCUT2D eigenvalue weighted by molar-refractivity contribution is 5.96. The van der Waals surface area contributed by atoms with Crippen LogP contribution in [-0.4, -0.2) is 31.3 Å². The molecule has 0 aliphatic rings. The predicted molar refractivity (Wildman–Crippen MR) is 137 cm³/mol. The first-order chi connectivity index (χ1) is 17.0. The van der Waals surface area contributed by atoms with Gasteiger partial charge in [-0.2, -0.15) is 0 Å².